The van der Waals surface area contributed by atoms with E-state index < -0.39 is 11.4 Å². The monoisotopic (exact) mass is 189 g/mol. The third kappa shape index (κ3) is 2.76. The average Bonchev–Trinajstić information content (AvgIpc) is 2.06. The van der Waals surface area contributed by atoms with E-state index in [1.165, 1.54) is 12.4 Å². The van der Waals surface area contributed by atoms with E-state index in [2.05, 4.69) is 9.97 Å². The Labute approximate surface area is 98.7 Å². The molecule has 0 amide bonds. The maximum absolute atomic E-state index is 10.7. The molecule has 65 valence electrons. The molecular weight excluding hydrogens is 179 g/mol. The van der Waals surface area contributed by atoms with Crippen molar-refractivity contribution in [1.82, 2.24) is 9.97 Å². The van der Waals surface area contributed by atoms with Crippen LogP contribution in [0.2, 0.25) is 0 Å². The zero-order valence-corrected chi connectivity index (χ0v) is 9.98. The van der Waals surface area contributed by atoms with Crippen LogP contribution >= 0.6 is 0 Å². The first-order valence-corrected chi connectivity index (χ1v) is 3.56. The Bertz CT molecular complexity index is 287. The number of carboxylic acids is 1. The van der Waals surface area contributed by atoms with Gasteiger partial charge in [0.25, 0.3) is 0 Å². The second-order valence-corrected chi connectivity index (χ2v) is 3.00. The third-order valence-corrected chi connectivity index (χ3v) is 1.66. The molecule has 0 bridgehead atoms. The van der Waals surface area contributed by atoms with Crippen molar-refractivity contribution < 1.29 is 9.90 Å². The second-order valence-electron chi connectivity index (χ2n) is 3.00. The number of carboxylic acid groups (broad SMARTS) is 1. The minimum absolute atomic E-state index is 0. The Morgan fingerprint density at radius 1 is 1.38 bits per heavy atom. The number of nitrogens with zero attached hydrogens (tertiary/aromatic N) is 2. The van der Waals surface area contributed by atoms with Gasteiger partial charge in [0.15, 0.2) is 0 Å². The van der Waals surface area contributed by atoms with E-state index in [1.807, 2.05) is 0 Å². The van der Waals surface area contributed by atoms with Crippen LogP contribution in [-0.4, -0.2) is 50.6 Å². The molecule has 1 rings (SSSR count). The van der Waals surface area contributed by atoms with Crippen LogP contribution in [0.25, 0.3) is 0 Å². The first-order chi connectivity index (χ1) is 5.55. The van der Waals surface area contributed by atoms with Gasteiger partial charge in [-0.25, -0.2) is 9.97 Å². The molecule has 1 N–H and O–H groups in total. The van der Waals surface area contributed by atoms with Gasteiger partial charge in [0.05, 0.1) is 0 Å². The van der Waals surface area contributed by atoms with Gasteiger partial charge in [-0.3, -0.25) is 4.79 Å². The first kappa shape index (κ1) is 12.6. The van der Waals surface area contributed by atoms with E-state index in [4.69, 9.17) is 5.11 Å². The zero-order chi connectivity index (χ0) is 9.19. The van der Waals surface area contributed by atoms with Crippen LogP contribution < -0.4 is 0 Å². The van der Waals surface area contributed by atoms with Crippen molar-refractivity contribution in [1.29, 1.82) is 0 Å². The van der Waals surface area contributed by atoms with Gasteiger partial charge in [0.1, 0.15) is 11.2 Å². The van der Waals surface area contributed by atoms with Crippen LogP contribution in [0.4, 0.5) is 0 Å². The Morgan fingerprint density at radius 2 is 1.85 bits per heavy atom. The summed E-state index contributed by atoms with van der Waals surface area (Å²) in [6, 6.07) is 1.65. The van der Waals surface area contributed by atoms with Gasteiger partial charge in [-0.2, -0.15) is 0 Å². The quantitative estimate of drug-likeness (QED) is 0.686. The minimum atomic E-state index is -1.01. The maximum atomic E-state index is 10.7. The summed E-state index contributed by atoms with van der Waals surface area (Å²) in [7, 11) is 0. The van der Waals surface area contributed by atoms with E-state index in [1.54, 1.807) is 19.9 Å². The molecule has 13 heavy (non-hydrogen) atoms. The molecule has 1 aromatic heterocycles. The van der Waals surface area contributed by atoms with Gasteiger partial charge in [-0.1, -0.05) is 0 Å². The predicted molar refractivity (Wildman–Crippen MR) is 48.4 cm³/mol. The van der Waals surface area contributed by atoms with Gasteiger partial charge in [-0.05, 0) is 19.9 Å². The smallest absolute Gasteiger partial charge is 0.316 e. The Balaban J connectivity index is 0.00000144. The number of carbonyl (C=O) groups is 1. The molecule has 0 saturated carbocycles. The standard InChI is InChI=1S/C8H10N2O2.Na/c1-8(2,7(11)12)6-9-4-3-5-10-6;/h3-5H,1-2H3,(H,11,12);. The molecule has 0 unspecified atom stereocenters. The topological polar surface area (TPSA) is 63.1 Å². The Morgan fingerprint density at radius 3 is 2.23 bits per heavy atom. The van der Waals surface area contributed by atoms with Gasteiger partial charge in [0.2, 0.25) is 0 Å². The predicted octanol–water partition coefficient (Wildman–Crippen LogP) is 0.458. The van der Waals surface area contributed by atoms with Crippen molar-refractivity contribution in [2.45, 2.75) is 19.3 Å². The molecule has 0 aliphatic carbocycles. The number of hydrogen-bond acceptors (Lipinski definition) is 3. The fraction of sp³-hybridized carbons (Fsp3) is 0.375. The number of aliphatic carboxylic acids is 1. The van der Waals surface area contributed by atoms with Crippen LogP contribution in [-0.2, 0) is 10.2 Å². The summed E-state index contributed by atoms with van der Waals surface area (Å²) in [5.41, 5.74) is -1.01. The van der Waals surface area contributed by atoms with Crippen molar-refractivity contribution >= 4 is 35.5 Å². The number of hydrogen-bond donors (Lipinski definition) is 1. The van der Waals surface area contributed by atoms with Crippen LogP contribution in [0.3, 0.4) is 0 Å². The summed E-state index contributed by atoms with van der Waals surface area (Å²) < 4.78 is 0. The molecule has 0 aliphatic heterocycles. The van der Waals surface area contributed by atoms with E-state index in [0.29, 0.717) is 5.82 Å². The average molecular weight is 189 g/mol. The molecule has 0 fully saturated rings. The number of rotatable bonds is 2. The normalized spacial score (nSPS) is 10.3. The van der Waals surface area contributed by atoms with Crippen LogP contribution in [0.5, 0.6) is 0 Å². The minimum Gasteiger partial charge on any atom is -0.481 e. The van der Waals surface area contributed by atoms with Crippen molar-refractivity contribution in [2.75, 3.05) is 0 Å². The first-order valence-electron chi connectivity index (χ1n) is 3.56. The fourth-order valence-electron chi connectivity index (χ4n) is 0.717. The zero-order valence-electron chi connectivity index (χ0n) is 7.98. The van der Waals surface area contributed by atoms with Crippen molar-refractivity contribution in [3.8, 4) is 0 Å². The molecule has 0 atom stereocenters. The largest absolute Gasteiger partial charge is 0.481 e. The SMILES string of the molecule is CC(C)(C(=O)O)c1ncccn1.[Na]. The molecule has 1 heterocycles. The molecule has 1 aromatic rings. The van der Waals surface area contributed by atoms with Crippen LogP contribution in [0.1, 0.15) is 19.7 Å². The molecular formula is C8H10N2NaO2. The van der Waals surface area contributed by atoms with Crippen LogP contribution in [0, 0.1) is 0 Å². The molecule has 0 saturated heterocycles. The molecule has 0 spiro atoms. The second kappa shape index (κ2) is 4.69. The molecule has 0 aromatic carbocycles. The molecule has 1 radical (unpaired) electrons. The summed E-state index contributed by atoms with van der Waals surface area (Å²) in [4.78, 5) is 18.5. The summed E-state index contributed by atoms with van der Waals surface area (Å²) in [6.45, 7) is 3.15. The van der Waals surface area contributed by atoms with Gasteiger partial charge < -0.3 is 5.11 Å². The van der Waals surface area contributed by atoms with E-state index in [9.17, 15) is 4.79 Å². The Hall–Kier alpha value is -0.450. The van der Waals surface area contributed by atoms with Crippen molar-refractivity contribution in [3.63, 3.8) is 0 Å². The molecule has 5 heteroatoms. The van der Waals surface area contributed by atoms with Crippen molar-refractivity contribution in [2.24, 2.45) is 0 Å². The molecule has 0 aliphatic rings. The molecule has 4 nitrogen and oxygen atoms in total. The fourth-order valence-corrected chi connectivity index (χ4v) is 0.717. The van der Waals surface area contributed by atoms with Crippen molar-refractivity contribution in [3.05, 3.63) is 24.3 Å². The summed E-state index contributed by atoms with van der Waals surface area (Å²) in [5, 5.41) is 8.81. The summed E-state index contributed by atoms with van der Waals surface area (Å²) in [5.74, 6) is -0.591. The van der Waals surface area contributed by atoms with E-state index in [0.717, 1.165) is 0 Å². The van der Waals surface area contributed by atoms with E-state index >= 15 is 0 Å². The van der Waals surface area contributed by atoms with Gasteiger partial charge in [0, 0.05) is 42.0 Å². The Kier molecular flexibility index (Phi) is 4.53. The summed E-state index contributed by atoms with van der Waals surface area (Å²) in [6.07, 6.45) is 3.07. The maximum Gasteiger partial charge on any atom is 0.316 e. The number of aromatic nitrogens is 2. The van der Waals surface area contributed by atoms with Crippen LogP contribution in [0.15, 0.2) is 18.5 Å². The van der Waals surface area contributed by atoms with Gasteiger partial charge in [-0.15, -0.1) is 0 Å². The van der Waals surface area contributed by atoms with E-state index in [-0.39, 0.29) is 29.6 Å². The summed E-state index contributed by atoms with van der Waals surface area (Å²) >= 11 is 0. The van der Waals surface area contributed by atoms with Gasteiger partial charge >= 0.3 is 5.97 Å². The third-order valence-electron chi connectivity index (χ3n) is 1.66.